The molecule has 0 bridgehead atoms. The average Bonchev–Trinajstić information content (AvgIpc) is 2.42. The molecule has 0 spiro atoms. The average molecular weight is 355 g/mol. The Labute approximate surface area is 133 Å². The number of aliphatic carboxylic acids is 2. The summed E-state index contributed by atoms with van der Waals surface area (Å²) in [6.45, 7) is 3.39. The highest BCUT2D eigenvalue weighted by molar-refractivity contribution is 5.86. The maximum absolute atomic E-state index is 13.3. The van der Waals surface area contributed by atoms with Crippen molar-refractivity contribution in [3.8, 4) is 0 Å². The number of hydrogen-bond acceptors (Lipinski definition) is 3. The molecule has 2 N–H and O–H groups in total. The molecule has 0 unspecified atom stereocenters. The first-order chi connectivity index (χ1) is 10.9. The van der Waals surface area contributed by atoms with Gasteiger partial charge in [0, 0.05) is 24.2 Å². The van der Waals surface area contributed by atoms with Gasteiger partial charge < -0.3 is 10.2 Å². The molecule has 0 heterocycles. The first kappa shape index (κ1) is 21.5. The van der Waals surface area contributed by atoms with Crippen molar-refractivity contribution >= 4 is 11.9 Å². The van der Waals surface area contributed by atoms with Gasteiger partial charge in [-0.15, -0.1) is 0 Å². The number of carboxylic acid groups (broad SMARTS) is 2. The van der Waals surface area contributed by atoms with Crippen LogP contribution in [0.4, 0.5) is 22.0 Å². The number of carbonyl (C=O) groups is 2. The Morgan fingerprint density at radius 1 is 1.17 bits per heavy atom. The zero-order valence-corrected chi connectivity index (χ0v) is 12.4. The van der Waals surface area contributed by atoms with Crippen molar-refractivity contribution < 1.29 is 41.8 Å². The zero-order chi connectivity index (χ0) is 19.1. The molecule has 10 heteroatoms. The molecule has 5 nitrogen and oxygen atoms in total. The highest BCUT2D eigenvalue weighted by Crippen LogP contribution is 2.14. The summed E-state index contributed by atoms with van der Waals surface area (Å²) in [6.07, 6.45) is -5.08. The number of hydrogen-bond donors (Lipinski definition) is 2. The molecule has 0 aliphatic rings. The van der Waals surface area contributed by atoms with Gasteiger partial charge in [0.1, 0.15) is 11.6 Å². The van der Waals surface area contributed by atoms with Gasteiger partial charge in [-0.25, -0.2) is 18.4 Å². The monoisotopic (exact) mass is 355 g/mol. The van der Waals surface area contributed by atoms with Gasteiger partial charge in [0.25, 0.3) is 0 Å². The minimum Gasteiger partial charge on any atom is -0.478 e. The van der Waals surface area contributed by atoms with E-state index in [2.05, 4.69) is 6.58 Å². The van der Waals surface area contributed by atoms with Crippen molar-refractivity contribution in [1.29, 1.82) is 0 Å². The molecule has 1 aromatic rings. The standard InChI is InChI=1S/C12H13F2NO2.C2HF3O2/c1-8(12(16)17)6-15(2)7-9-10(13)4-3-5-11(9)14;3-2(4,5)1(6)7/h3-5H,1,6-7H2,2H3,(H,16,17);(H,6,7). The minimum atomic E-state index is -5.08. The Morgan fingerprint density at radius 3 is 1.92 bits per heavy atom. The van der Waals surface area contributed by atoms with Crippen molar-refractivity contribution in [2.75, 3.05) is 13.6 Å². The Hall–Kier alpha value is -2.49. The van der Waals surface area contributed by atoms with Crippen LogP contribution in [0.1, 0.15) is 5.56 Å². The third-order valence-electron chi connectivity index (χ3n) is 2.50. The largest absolute Gasteiger partial charge is 0.490 e. The molecule has 1 rings (SSSR count). The number of rotatable bonds is 5. The number of carboxylic acids is 2. The predicted octanol–water partition coefficient (Wildman–Crippen LogP) is 2.67. The second-order valence-corrected chi connectivity index (χ2v) is 4.58. The fourth-order valence-electron chi connectivity index (χ4n) is 1.40. The summed E-state index contributed by atoms with van der Waals surface area (Å²) < 4.78 is 58.3. The third-order valence-corrected chi connectivity index (χ3v) is 2.50. The van der Waals surface area contributed by atoms with E-state index in [9.17, 15) is 26.7 Å². The van der Waals surface area contributed by atoms with Gasteiger partial charge in [0.05, 0.1) is 0 Å². The summed E-state index contributed by atoms with van der Waals surface area (Å²) >= 11 is 0. The number of nitrogens with zero attached hydrogens (tertiary/aromatic N) is 1. The van der Waals surface area contributed by atoms with Gasteiger partial charge in [0.15, 0.2) is 0 Å². The first-order valence-electron chi connectivity index (χ1n) is 6.18. The van der Waals surface area contributed by atoms with E-state index in [1.165, 1.54) is 11.0 Å². The van der Waals surface area contributed by atoms with E-state index in [1.54, 1.807) is 7.05 Å². The Balaban J connectivity index is 0.000000640. The van der Waals surface area contributed by atoms with Gasteiger partial charge in [-0.1, -0.05) is 12.6 Å². The van der Waals surface area contributed by atoms with Crippen LogP contribution < -0.4 is 0 Å². The van der Waals surface area contributed by atoms with Crippen molar-refractivity contribution in [3.05, 3.63) is 47.5 Å². The highest BCUT2D eigenvalue weighted by atomic mass is 19.4. The second kappa shape index (κ2) is 8.96. The van der Waals surface area contributed by atoms with Crippen molar-refractivity contribution in [1.82, 2.24) is 4.90 Å². The zero-order valence-electron chi connectivity index (χ0n) is 12.4. The first-order valence-corrected chi connectivity index (χ1v) is 6.18. The van der Waals surface area contributed by atoms with Crippen LogP contribution in [0.15, 0.2) is 30.4 Å². The van der Waals surface area contributed by atoms with Crippen molar-refractivity contribution in [3.63, 3.8) is 0 Å². The van der Waals surface area contributed by atoms with E-state index in [0.717, 1.165) is 12.1 Å². The molecule has 0 radical (unpaired) electrons. The van der Waals surface area contributed by atoms with E-state index < -0.39 is 29.7 Å². The molecule has 24 heavy (non-hydrogen) atoms. The lowest BCUT2D eigenvalue weighted by Gasteiger charge is -2.17. The molecular weight excluding hydrogens is 341 g/mol. The van der Waals surface area contributed by atoms with Gasteiger partial charge in [-0.05, 0) is 19.2 Å². The molecule has 0 aliphatic heterocycles. The van der Waals surface area contributed by atoms with E-state index in [0.29, 0.717) is 0 Å². The Bertz CT molecular complexity index is 595. The predicted molar refractivity (Wildman–Crippen MR) is 73.2 cm³/mol. The van der Waals surface area contributed by atoms with Crippen LogP contribution in [0.2, 0.25) is 0 Å². The van der Waals surface area contributed by atoms with Crippen LogP contribution in [0, 0.1) is 11.6 Å². The summed E-state index contributed by atoms with van der Waals surface area (Å²) in [6, 6.07) is 3.61. The smallest absolute Gasteiger partial charge is 0.478 e. The lowest BCUT2D eigenvalue weighted by molar-refractivity contribution is -0.192. The van der Waals surface area contributed by atoms with Gasteiger partial charge in [0.2, 0.25) is 0 Å². The third kappa shape index (κ3) is 7.68. The van der Waals surface area contributed by atoms with Crippen LogP contribution in [-0.4, -0.2) is 46.8 Å². The van der Waals surface area contributed by atoms with E-state index in [-0.39, 0.29) is 24.2 Å². The number of alkyl halides is 3. The topological polar surface area (TPSA) is 77.8 Å². The molecule has 134 valence electrons. The van der Waals surface area contributed by atoms with Crippen molar-refractivity contribution in [2.45, 2.75) is 12.7 Å². The second-order valence-electron chi connectivity index (χ2n) is 4.58. The van der Waals surface area contributed by atoms with E-state index in [1.807, 2.05) is 0 Å². The maximum Gasteiger partial charge on any atom is 0.490 e. The summed E-state index contributed by atoms with van der Waals surface area (Å²) in [7, 11) is 1.57. The summed E-state index contributed by atoms with van der Waals surface area (Å²) in [5, 5.41) is 15.8. The molecule has 0 aliphatic carbocycles. The minimum absolute atomic E-state index is 0.00912. The normalized spacial score (nSPS) is 10.8. The lowest BCUT2D eigenvalue weighted by atomic mass is 10.2. The maximum atomic E-state index is 13.3. The Morgan fingerprint density at radius 2 is 1.58 bits per heavy atom. The van der Waals surface area contributed by atoms with Crippen LogP contribution in [0.25, 0.3) is 0 Å². The molecule has 0 fully saturated rings. The molecule has 0 aromatic heterocycles. The summed E-state index contributed by atoms with van der Waals surface area (Å²) in [5.74, 6) is -5.16. The fraction of sp³-hybridized carbons (Fsp3) is 0.286. The lowest BCUT2D eigenvalue weighted by Crippen LogP contribution is -2.24. The van der Waals surface area contributed by atoms with Gasteiger partial charge in [-0.3, -0.25) is 4.90 Å². The van der Waals surface area contributed by atoms with Crippen LogP contribution in [-0.2, 0) is 16.1 Å². The van der Waals surface area contributed by atoms with Crippen molar-refractivity contribution in [2.24, 2.45) is 0 Å². The Kier molecular flexibility index (Phi) is 8.03. The number of benzene rings is 1. The molecular formula is C14H14F5NO4. The number of halogens is 5. The van der Waals surface area contributed by atoms with Crippen LogP contribution in [0.3, 0.4) is 0 Å². The van der Waals surface area contributed by atoms with Crippen LogP contribution in [0.5, 0.6) is 0 Å². The highest BCUT2D eigenvalue weighted by Gasteiger charge is 2.38. The number of likely N-dealkylation sites (N-methyl/N-ethyl adjacent to an activating group) is 1. The molecule has 0 atom stereocenters. The summed E-state index contributed by atoms with van der Waals surface area (Å²) in [4.78, 5) is 20.9. The molecule has 0 saturated heterocycles. The fourth-order valence-corrected chi connectivity index (χ4v) is 1.40. The molecule has 0 amide bonds. The SMILES string of the molecule is C=C(CN(C)Cc1c(F)cccc1F)C(=O)O.O=C(O)C(F)(F)F. The van der Waals surface area contributed by atoms with E-state index >= 15 is 0 Å². The molecule has 1 aromatic carbocycles. The van der Waals surface area contributed by atoms with Gasteiger partial charge in [-0.2, -0.15) is 13.2 Å². The summed E-state index contributed by atoms with van der Waals surface area (Å²) in [5.41, 5.74) is -0.0996. The van der Waals surface area contributed by atoms with E-state index in [4.69, 9.17) is 15.0 Å². The molecule has 0 saturated carbocycles. The van der Waals surface area contributed by atoms with Gasteiger partial charge >= 0.3 is 18.1 Å². The quantitative estimate of drug-likeness (QED) is 0.627. The van der Waals surface area contributed by atoms with Crippen LogP contribution >= 0.6 is 0 Å².